The summed E-state index contributed by atoms with van der Waals surface area (Å²) in [5.41, 5.74) is 3.40. The quantitative estimate of drug-likeness (QED) is 0.749. The summed E-state index contributed by atoms with van der Waals surface area (Å²) in [6.07, 6.45) is 5.16. The summed E-state index contributed by atoms with van der Waals surface area (Å²) in [6.45, 7) is 0. The molecule has 0 aliphatic heterocycles. The lowest BCUT2D eigenvalue weighted by Gasteiger charge is -2.08. The Bertz CT molecular complexity index is 800. The fourth-order valence-electron chi connectivity index (χ4n) is 2.11. The normalized spacial score (nSPS) is 10.9. The zero-order chi connectivity index (χ0) is 14.7. The molecule has 0 saturated heterocycles. The predicted molar refractivity (Wildman–Crippen MR) is 80.8 cm³/mol. The Hall–Kier alpha value is -2.47. The van der Waals surface area contributed by atoms with Crippen molar-refractivity contribution in [1.82, 2.24) is 14.5 Å². The Balaban J connectivity index is 1.97. The van der Waals surface area contributed by atoms with E-state index in [0.717, 1.165) is 16.9 Å². The van der Waals surface area contributed by atoms with E-state index in [0.29, 0.717) is 5.69 Å². The van der Waals surface area contributed by atoms with Gasteiger partial charge in [0.25, 0.3) is 0 Å². The van der Waals surface area contributed by atoms with Crippen LogP contribution in [0.1, 0.15) is 5.69 Å². The molecule has 0 unspecified atom stereocenters. The SMILES string of the molecule is O=[SH](=O)Cc1ccc(-n2cncc2-c2ccccc2)cn1. The van der Waals surface area contributed by atoms with Gasteiger partial charge in [0.05, 0.1) is 41.5 Å². The largest absolute Gasteiger partial charge is 0.297 e. The second-order valence-electron chi connectivity index (χ2n) is 4.51. The van der Waals surface area contributed by atoms with Crippen molar-refractivity contribution in [1.29, 1.82) is 0 Å². The van der Waals surface area contributed by atoms with Gasteiger partial charge in [-0.1, -0.05) is 30.3 Å². The van der Waals surface area contributed by atoms with Crippen molar-refractivity contribution in [2.75, 3.05) is 0 Å². The lowest BCUT2D eigenvalue weighted by molar-refractivity contribution is 0.613. The number of hydrogen-bond donors (Lipinski definition) is 1. The number of benzene rings is 1. The lowest BCUT2D eigenvalue weighted by Crippen LogP contribution is -1.98. The maximum atomic E-state index is 10.7. The fourth-order valence-corrected chi connectivity index (χ4v) is 2.56. The molecular weight excluding hydrogens is 286 g/mol. The molecule has 0 fully saturated rings. The van der Waals surface area contributed by atoms with Crippen LogP contribution in [0.2, 0.25) is 0 Å². The molecule has 0 atom stereocenters. The Morgan fingerprint density at radius 3 is 2.48 bits per heavy atom. The summed E-state index contributed by atoms with van der Waals surface area (Å²) in [6, 6.07) is 13.5. The van der Waals surface area contributed by atoms with Gasteiger partial charge in [0.2, 0.25) is 0 Å². The Morgan fingerprint density at radius 1 is 1.00 bits per heavy atom. The summed E-state index contributed by atoms with van der Waals surface area (Å²) < 4.78 is 23.3. The van der Waals surface area contributed by atoms with E-state index in [1.165, 1.54) is 0 Å². The van der Waals surface area contributed by atoms with Crippen LogP contribution in [0.15, 0.2) is 61.2 Å². The minimum Gasteiger partial charge on any atom is -0.297 e. The maximum absolute atomic E-state index is 10.7. The van der Waals surface area contributed by atoms with E-state index in [4.69, 9.17) is 0 Å². The van der Waals surface area contributed by atoms with Gasteiger partial charge >= 0.3 is 0 Å². The highest BCUT2D eigenvalue weighted by Gasteiger charge is 2.07. The van der Waals surface area contributed by atoms with E-state index in [-0.39, 0.29) is 5.75 Å². The van der Waals surface area contributed by atoms with E-state index in [1.54, 1.807) is 24.8 Å². The van der Waals surface area contributed by atoms with Crippen LogP contribution in [0.3, 0.4) is 0 Å². The summed E-state index contributed by atoms with van der Waals surface area (Å²) >= 11 is 0. The predicted octanol–water partition coefficient (Wildman–Crippen LogP) is 2.05. The van der Waals surface area contributed by atoms with Crippen LogP contribution in [0.5, 0.6) is 0 Å². The Labute approximate surface area is 123 Å². The molecule has 2 heterocycles. The van der Waals surface area contributed by atoms with Crippen molar-refractivity contribution < 1.29 is 8.42 Å². The molecule has 0 bridgehead atoms. The van der Waals surface area contributed by atoms with Crippen LogP contribution >= 0.6 is 0 Å². The molecule has 3 aromatic rings. The number of hydrogen-bond acceptors (Lipinski definition) is 4. The monoisotopic (exact) mass is 299 g/mol. The summed E-state index contributed by atoms with van der Waals surface area (Å²) in [5, 5.41) is 0. The van der Waals surface area contributed by atoms with Crippen molar-refractivity contribution >= 4 is 10.7 Å². The number of nitrogens with zero attached hydrogens (tertiary/aromatic N) is 3. The molecule has 5 nitrogen and oxygen atoms in total. The van der Waals surface area contributed by atoms with E-state index in [1.807, 2.05) is 41.0 Å². The smallest absolute Gasteiger partial charge is 0.145 e. The minimum absolute atomic E-state index is 0.0366. The van der Waals surface area contributed by atoms with Crippen LogP contribution in [-0.4, -0.2) is 23.0 Å². The lowest BCUT2D eigenvalue weighted by atomic mass is 10.1. The van der Waals surface area contributed by atoms with Gasteiger partial charge in [-0.05, 0) is 12.1 Å². The first-order chi connectivity index (χ1) is 10.2. The molecule has 2 aromatic heterocycles. The molecule has 0 saturated carbocycles. The number of aromatic nitrogens is 3. The van der Waals surface area contributed by atoms with Gasteiger partial charge in [-0.15, -0.1) is 0 Å². The van der Waals surface area contributed by atoms with Gasteiger partial charge < -0.3 is 0 Å². The Kier molecular flexibility index (Phi) is 3.79. The van der Waals surface area contributed by atoms with Gasteiger partial charge in [-0.3, -0.25) is 9.55 Å². The molecule has 0 spiro atoms. The van der Waals surface area contributed by atoms with Crippen molar-refractivity contribution in [3.05, 3.63) is 66.9 Å². The van der Waals surface area contributed by atoms with Crippen molar-refractivity contribution in [2.45, 2.75) is 5.75 Å². The molecule has 0 aliphatic carbocycles. The van der Waals surface area contributed by atoms with Crippen molar-refractivity contribution in [3.8, 4) is 16.9 Å². The molecule has 0 radical (unpaired) electrons. The third-order valence-electron chi connectivity index (χ3n) is 3.09. The highest BCUT2D eigenvalue weighted by Crippen LogP contribution is 2.22. The van der Waals surface area contributed by atoms with E-state index < -0.39 is 10.7 Å². The van der Waals surface area contributed by atoms with Gasteiger partial charge in [-0.2, -0.15) is 0 Å². The minimum atomic E-state index is -2.46. The number of imidazole rings is 1. The first-order valence-corrected chi connectivity index (χ1v) is 7.75. The molecule has 3 rings (SSSR count). The van der Waals surface area contributed by atoms with Crippen LogP contribution in [0.25, 0.3) is 16.9 Å². The molecule has 0 amide bonds. The zero-order valence-corrected chi connectivity index (χ0v) is 12.0. The van der Waals surface area contributed by atoms with Crippen LogP contribution in [0.4, 0.5) is 0 Å². The highest BCUT2D eigenvalue weighted by molar-refractivity contribution is 7.71. The molecule has 6 heteroatoms. The fraction of sp³-hybridized carbons (Fsp3) is 0.0667. The second-order valence-corrected chi connectivity index (χ2v) is 5.50. The molecule has 21 heavy (non-hydrogen) atoms. The molecule has 106 valence electrons. The first-order valence-electron chi connectivity index (χ1n) is 6.39. The Morgan fingerprint density at radius 2 is 1.81 bits per heavy atom. The molecule has 0 N–H and O–H groups in total. The van der Waals surface area contributed by atoms with Crippen LogP contribution in [-0.2, 0) is 16.5 Å². The van der Waals surface area contributed by atoms with Gasteiger partial charge in [0, 0.05) is 5.56 Å². The summed E-state index contributed by atoms with van der Waals surface area (Å²) in [4.78, 5) is 8.36. The summed E-state index contributed by atoms with van der Waals surface area (Å²) in [7, 11) is -2.46. The van der Waals surface area contributed by atoms with E-state index >= 15 is 0 Å². The third-order valence-corrected chi connectivity index (χ3v) is 3.67. The molecule has 0 aliphatic rings. The van der Waals surface area contributed by atoms with E-state index in [2.05, 4.69) is 9.97 Å². The second kappa shape index (κ2) is 5.88. The first kappa shape index (κ1) is 13.5. The van der Waals surface area contributed by atoms with Crippen LogP contribution < -0.4 is 0 Å². The number of rotatable bonds is 4. The van der Waals surface area contributed by atoms with E-state index in [9.17, 15) is 8.42 Å². The number of pyridine rings is 1. The van der Waals surface area contributed by atoms with Crippen molar-refractivity contribution in [3.63, 3.8) is 0 Å². The zero-order valence-electron chi connectivity index (χ0n) is 11.1. The van der Waals surface area contributed by atoms with Crippen molar-refractivity contribution in [2.24, 2.45) is 0 Å². The topological polar surface area (TPSA) is 64.8 Å². The highest BCUT2D eigenvalue weighted by atomic mass is 32.2. The summed E-state index contributed by atoms with van der Waals surface area (Å²) in [5.74, 6) is -0.0366. The van der Waals surface area contributed by atoms with Crippen LogP contribution in [0, 0.1) is 0 Å². The molecular formula is C15H13N3O2S. The maximum Gasteiger partial charge on any atom is 0.145 e. The van der Waals surface area contributed by atoms with Gasteiger partial charge in [0.1, 0.15) is 10.7 Å². The average Bonchev–Trinajstić information content (AvgIpc) is 2.98. The molecule has 1 aromatic carbocycles. The van der Waals surface area contributed by atoms with Gasteiger partial charge in [0.15, 0.2) is 0 Å². The standard InChI is InChI=1S/C15H13N3O2S/c19-21(20)10-13-6-7-14(8-17-13)18-11-16-9-15(18)12-4-2-1-3-5-12/h1-9,11,21H,10H2. The third kappa shape index (κ3) is 3.00. The van der Waals surface area contributed by atoms with Gasteiger partial charge in [-0.25, -0.2) is 13.4 Å². The average molecular weight is 299 g/mol. The number of thiol groups is 1.